The molecule has 0 fully saturated rings. The molecule has 0 aromatic rings. The second-order valence-electron chi connectivity index (χ2n) is 10.7. The van der Waals surface area contributed by atoms with Crippen molar-refractivity contribution in [1.29, 1.82) is 0 Å². The van der Waals surface area contributed by atoms with Crippen molar-refractivity contribution in [3.8, 4) is 0 Å². The van der Waals surface area contributed by atoms with E-state index in [4.69, 9.17) is 0 Å². The van der Waals surface area contributed by atoms with Gasteiger partial charge in [0.2, 0.25) is 0 Å². The maximum Gasteiger partial charge on any atom is -0.0203 e. The summed E-state index contributed by atoms with van der Waals surface area (Å²) in [7, 11) is 0. The summed E-state index contributed by atoms with van der Waals surface area (Å²) in [6.45, 7) is 35.1. The minimum atomic E-state index is 0.327. The van der Waals surface area contributed by atoms with Gasteiger partial charge in [-0.05, 0) is 34.5 Å². The van der Waals surface area contributed by atoms with Gasteiger partial charge in [0, 0.05) is 0 Å². The van der Waals surface area contributed by atoms with Crippen LogP contribution in [0.25, 0.3) is 0 Å². The number of allylic oxidation sites excluding steroid dienone is 2. The van der Waals surface area contributed by atoms with Crippen LogP contribution in [0.2, 0.25) is 0 Å². The zero-order chi connectivity index (χ0) is 20.8. The van der Waals surface area contributed by atoms with Gasteiger partial charge in [-0.2, -0.15) is 0 Å². The SMILES string of the molecule is CC.CC.CC(C)(C)C=CC(C)(C)C.CC(C)(C)CCC(C)(C)C. The smallest absolute Gasteiger partial charge is 0.0203 e. The topological polar surface area (TPSA) is 0 Å². The Bertz CT molecular complexity index is 235. The highest BCUT2D eigenvalue weighted by atomic mass is 14.2. The molecule has 0 saturated carbocycles. The maximum absolute atomic E-state index is 2.30. The summed E-state index contributed by atoms with van der Waals surface area (Å²) in [6, 6.07) is 0. The average molecular weight is 343 g/mol. The number of hydrogen-bond donors (Lipinski definition) is 0. The zero-order valence-electron chi connectivity index (χ0n) is 20.6. The Labute approximate surface area is 157 Å². The molecular weight excluding hydrogens is 288 g/mol. The second-order valence-corrected chi connectivity index (χ2v) is 10.7. The lowest BCUT2D eigenvalue weighted by Gasteiger charge is -2.24. The summed E-state index contributed by atoms with van der Waals surface area (Å²) < 4.78 is 0. The van der Waals surface area contributed by atoms with Gasteiger partial charge in [-0.15, -0.1) is 0 Å². The molecule has 0 heteroatoms. The normalized spacial score (nSPS) is 12.3. The van der Waals surface area contributed by atoms with Gasteiger partial charge in [-0.1, -0.05) is 123 Å². The predicted molar refractivity (Wildman–Crippen MR) is 119 cm³/mol. The van der Waals surface area contributed by atoms with Crippen molar-refractivity contribution in [2.75, 3.05) is 0 Å². The molecule has 0 radical (unpaired) electrons. The van der Waals surface area contributed by atoms with Crippen molar-refractivity contribution >= 4 is 0 Å². The molecule has 0 N–H and O–H groups in total. The van der Waals surface area contributed by atoms with Crippen LogP contribution in [0.4, 0.5) is 0 Å². The van der Waals surface area contributed by atoms with Gasteiger partial charge in [-0.25, -0.2) is 0 Å². The molecule has 0 aromatic carbocycles. The summed E-state index contributed by atoms with van der Waals surface area (Å²) in [5, 5.41) is 0. The predicted octanol–water partition coefficient (Wildman–Crippen LogP) is 9.55. The molecule has 150 valence electrons. The Balaban J connectivity index is -0.000000138. The fourth-order valence-corrected chi connectivity index (χ4v) is 1.25. The monoisotopic (exact) mass is 342 g/mol. The standard InChI is InChI=1S/C10H22.C10H20.2C2H6/c2*1-9(2,3)7-8-10(4,5)6;2*1-2/h7-8H2,1-6H3;7-8H,1-6H3;2*1-2H3. The van der Waals surface area contributed by atoms with E-state index in [1.54, 1.807) is 0 Å². The molecule has 0 unspecified atom stereocenters. The lowest BCUT2D eigenvalue weighted by molar-refractivity contribution is 0.275. The lowest BCUT2D eigenvalue weighted by Crippen LogP contribution is -2.12. The molecule has 0 aliphatic heterocycles. The van der Waals surface area contributed by atoms with Crippen LogP contribution in [0.5, 0.6) is 0 Å². The molecule has 0 amide bonds. The molecule has 0 atom stereocenters. The quantitative estimate of drug-likeness (QED) is 0.416. The van der Waals surface area contributed by atoms with Crippen LogP contribution in [0.3, 0.4) is 0 Å². The first-order chi connectivity index (χ1) is 10.4. The van der Waals surface area contributed by atoms with Gasteiger partial charge in [0.1, 0.15) is 0 Å². The van der Waals surface area contributed by atoms with E-state index in [9.17, 15) is 0 Å². The largest absolute Gasteiger partial charge is 0.0826 e. The number of rotatable bonds is 1. The van der Waals surface area contributed by atoms with E-state index in [-0.39, 0.29) is 0 Å². The van der Waals surface area contributed by atoms with E-state index in [0.29, 0.717) is 21.7 Å². The molecule has 0 nitrogen and oxygen atoms in total. The molecule has 24 heavy (non-hydrogen) atoms. The first kappa shape index (κ1) is 31.5. The molecule has 0 bridgehead atoms. The zero-order valence-corrected chi connectivity index (χ0v) is 20.6. The van der Waals surface area contributed by atoms with Crippen LogP contribution in [-0.4, -0.2) is 0 Å². The Morgan fingerprint density at radius 3 is 0.667 bits per heavy atom. The van der Waals surface area contributed by atoms with E-state index in [1.165, 1.54) is 12.8 Å². The molecule has 0 rings (SSSR count). The van der Waals surface area contributed by atoms with Crippen molar-refractivity contribution in [1.82, 2.24) is 0 Å². The van der Waals surface area contributed by atoms with Crippen LogP contribution >= 0.6 is 0 Å². The molecule has 0 saturated heterocycles. The summed E-state index contributed by atoms with van der Waals surface area (Å²) in [5.41, 5.74) is 1.67. The maximum atomic E-state index is 2.30. The Morgan fingerprint density at radius 1 is 0.417 bits per heavy atom. The highest BCUT2D eigenvalue weighted by Crippen LogP contribution is 2.29. The van der Waals surface area contributed by atoms with Gasteiger partial charge in [-0.3, -0.25) is 0 Å². The van der Waals surface area contributed by atoms with Crippen molar-refractivity contribution in [3.63, 3.8) is 0 Å². The van der Waals surface area contributed by atoms with E-state index in [2.05, 4.69) is 95.2 Å². The van der Waals surface area contributed by atoms with Gasteiger partial charge in [0.15, 0.2) is 0 Å². The summed E-state index contributed by atoms with van der Waals surface area (Å²) in [6.07, 6.45) is 7.20. The molecule has 0 heterocycles. The second kappa shape index (κ2) is 14.0. The summed E-state index contributed by atoms with van der Waals surface area (Å²) >= 11 is 0. The van der Waals surface area contributed by atoms with Crippen LogP contribution in [0, 0.1) is 21.7 Å². The highest BCUT2D eigenvalue weighted by Gasteiger charge is 2.16. The molecule has 0 aliphatic carbocycles. The Hall–Kier alpha value is -0.260. The van der Waals surface area contributed by atoms with Gasteiger partial charge in [0.05, 0.1) is 0 Å². The van der Waals surface area contributed by atoms with E-state index in [0.717, 1.165) is 0 Å². The first-order valence-electron chi connectivity index (χ1n) is 10.1. The fraction of sp³-hybridized carbons (Fsp3) is 0.917. The third kappa shape index (κ3) is 49.5. The first-order valence-corrected chi connectivity index (χ1v) is 10.1. The van der Waals surface area contributed by atoms with Gasteiger partial charge < -0.3 is 0 Å². The van der Waals surface area contributed by atoms with Crippen LogP contribution in [0.1, 0.15) is 124 Å². The van der Waals surface area contributed by atoms with Crippen LogP contribution in [0.15, 0.2) is 12.2 Å². The van der Waals surface area contributed by atoms with Crippen molar-refractivity contribution in [2.45, 2.75) is 124 Å². The minimum absolute atomic E-state index is 0.327. The average Bonchev–Trinajstić information content (AvgIpc) is 2.37. The highest BCUT2D eigenvalue weighted by molar-refractivity contribution is 4.98. The molecule has 0 spiro atoms. The summed E-state index contributed by atoms with van der Waals surface area (Å²) in [5.74, 6) is 0. The molecule has 0 aromatic heterocycles. The van der Waals surface area contributed by atoms with Crippen molar-refractivity contribution in [2.24, 2.45) is 21.7 Å². The van der Waals surface area contributed by atoms with Crippen molar-refractivity contribution in [3.05, 3.63) is 12.2 Å². The Kier molecular flexibility index (Phi) is 18.3. The third-order valence-electron chi connectivity index (χ3n) is 2.71. The van der Waals surface area contributed by atoms with Crippen LogP contribution < -0.4 is 0 Å². The van der Waals surface area contributed by atoms with Gasteiger partial charge in [0.25, 0.3) is 0 Å². The fourth-order valence-electron chi connectivity index (χ4n) is 1.25. The summed E-state index contributed by atoms with van der Waals surface area (Å²) in [4.78, 5) is 0. The van der Waals surface area contributed by atoms with E-state index in [1.807, 2.05) is 27.7 Å². The van der Waals surface area contributed by atoms with E-state index < -0.39 is 0 Å². The van der Waals surface area contributed by atoms with E-state index >= 15 is 0 Å². The van der Waals surface area contributed by atoms with Gasteiger partial charge >= 0.3 is 0 Å². The molecular formula is C24H54. The third-order valence-corrected chi connectivity index (χ3v) is 2.71. The van der Waals surface area contributed by atoms with Crippen LogP contribution in [-0.2, 0) is 0 Å². The minimum Gasteiger partial charge on any atom is -0.0826 e. The molecule has 0 aliphatic rings. The van der Waals surface area contributed by atoms with Crippen molar-refractivity contribution < 1.29 is 0 Å². The lowest BCUT2D eigenvalue weighted by atomic mass is 9.81. The Morgan fingerprint density at radius 2 is 0.583 bits per heavy atom. The number of hydrogen-bond acceptors (Lipinski definition) is 0.